The molecule has 0 radical (unpaired) electrons. The van der Waals surface area contributed by atoms with E-state index in [-0.39, 0.29) is 4.90 Å². The zero-order valence-corrected chi connectivity index (χ0v) is 16.3. The van der Waals surface area contributed by atoms with Crippen molar-refractivity contribution in [3.8, 4) is 5.75 Å². The molecule has 2 heterocycles. The monoisotopic (exact) mass is 400 g/mol. The number of para-hydroxylation sites is 1. The average Bonchev–Trinajstić information content (AvgIpc) is 3.07. The first kappa shape index (κ1) is 18.2. The number of benzene rings is 2. The lowest BCUT2D eigenvalue weighted by molar-refractivity contribution is 0.220. The lowest BCUT2D eigenvalue weighted by Crippen LogP contribution is -2.25. The van der Waals surface area contributed by atoms with Crippen molar-refractivity contribution in [3.63, 3.8) is 0 Å². The lowest BCUT2D eigenvalue weighted by atomic mass is 10.2. The van der Waals surface area contributed by atoms with Crippen LogP contribution in [0.1, 0.15) is 11.1 Å². The Labute approximate surface area is 164 Å². The van der Waals surface area contributed by atoms with Gasteiger partial charge in [-0.05, 0) is 46.7 Å². The summed E-state index contributed by atoms with van der Waals surface area (Å²) in [6.07, 6.45) is 0. The Morgan fingerprint density at radius 3 is 2.81 bits per heavy atom. The summed E-state index contributed by atoms with van der Waals surface area (Å²) in [5.74, 6) is 0.638. The Kier molecular flexibility index (Phi) is 5.27. The molecule has 0 amide bonds. The number of hydrogen-bond donors (Lipinski definition) is 1. The maximum Gasteiger partial charge on any atom is 0.184 e. The molecule has 5 nitrogen and oxygen atoms in total. The normalized spacial score (nSPS) is 16.6. The number of anilines is 1. The Morgan fingerprint density at radius 2 is 2.04 bits per heavy atom. The highest BCUT2D eigenvalue weighted by Crippen LogP contribution is 2.30. The van der Waals surface area contributed by atoms with Crippen LogP contribution in [0.25, 0.3) is 0 Å². The maximum atomic E-state index is 12.7. The summed E-state index contributed by atoms with van der Waals surface area (Å²) in [5, 5.41) is 4.23. The van der Waals surface area contributed by atoms with Gasteiger partial charge in [-0.25, -0.2) is 4.72 Å². The summed E-state index contributed by atoms with van der Waals surface area (Å²) >= 11 is 1.69. The molecule has 1 N–H and O–H groups in total. The van der Waals surface area contributed by atoms with Crippen molar-refractivity contribution in [1.29, 1.82) is 0 Å². The van der Waals surface area contributed by atoms with Crippen LogP contribution < -0.4 is 9.46 Å². The highest BCUT2D eigenvalue weighted by molar-refractivity contribution is 7.98. The largest absolute Gasteiger partial charge is 0.588 e. The fourth-order valence-electron chi connectivity index (χ4n) is 3.07. The van der Waals surface area contributed by atoms with E-state index in [0.29, 0.717) is 18.0 Å². The van der Waals surface area contributed by atoms with Gasteiger partial charge in [-0.1, -0.05) is 22.4 Å². The Morgan fingerprint density at radius 1 is 1.19 bits per heavy atom. The Hall–Kier alpha value is -2.19. The maximum absolute atomic E-state index is 12.7. The Bertz CT molecular complexity index is 945. The summed E-state index contributed by atoms with van der Waals surface area (Å²) in [6.45, 7) is 2.93. The van der Waals surface area contributed by atoms with E-state index in [1.54, 1.807) is 47.7 Å². The predicted octanol–water partition coefficient (Wildman–Crippen LogP) is 4.16. The fraction of sp³-hybridized carbons (Fsp3) is 0.200. The summed E-state index contributed by atoms with van der Waals surface area (Å²) < 4.78 is 33.8. The van der Waals surface area contributed by atoms with Gasteiger partial charge in [0.2, 0.25) is 0 Å². The molecule has 4 rings (SSSR count). The van der Waals surface area contributed by atoms with E-state index < -0.39 is 10.4 Å². The van der Waals surface area contributed by atoms with Crippen LogP contribution in [0.3, 0.4) is 0 Å². The minimum atomic E-state index is -3.66. The van der Waals surface area contributed by atoms with E-state index in [0.717, 1.165) is 25.2 Å². The first-order valence-electron chi connectivity index (χ1n) is 8.67. The zero-order chi connectivity index (χ0) is 18.7. The number of nitrogens with zero attached hydrogens (tertiary/aromatic N) is 1. The first-order valence-corrected chi connectivity index (χ1v) is 11.1. The summed E-state index contributed by atoms with van der Waals surface area (Å²) in [4.78, 5) is 2.51. The van der Waals surface area contributed by atoms with Gasteiger partial charge in [0.15, 0.2) is 15.3 Å². The van der Waals surface area contributed by atoms with Crippen LogP contribution in [0, 0.1) is 0 Å². The second kappa shape index (κ2) is 7.82. The summed E-state index contributed by atoms with van der Waals surface area (Å²) in [6, 6.07) is 16.1. The molecule has 1 atom stereocenters. The minimum absolute atomic E-state index is 0.205. The van der Waals surface area contributed by atoms with Crippen molar-refractivity contribution in [3.05, 3.63) is 76.5 Å². The number of rotatable bonds is 5. The smallest absolute Gasteiger partial charge is 0.184 e. The van der Waals surface area contributed by atoms with Crippen LogP contribution in [0.5, 0.6) is 5.75 Å². The number of thiophene rings is 1. The second-order valence-corrected chi connectivity index (χ2v) is 8.89. The fourth-order valence-corrected chi connectivity index (χ4v) is 4.80. The van der Waals surface area contributed by atoms with E-state index in [1.165, 1.54) is 5.56 Å². The SMILES string of the molecule is O=[S+]([O-])(Nc1ccccc1)c1ccc2c(c1)OCCN(Cc1ccsc1)C2. The number of sulfonamides is 1. The second-order valence-electron chi connectivity index (χ2n) is 6.43. The van der Waals surface area contributed by atoms with Gasteiger partial charge in [0.1, 0.15) is 12.4 Å². The van der Waals surface area contributed by atoms with Gasteiger partial charge in [-0.3, -0.25) is 4.90 Å². The van der Waals surface area contributed by atoms with Crippen LogP contribution >= 0.6 is 11.3 Å². The predicted molar refractivity (Wildman–Crippen MR) is 108 cm³/mol. The van der Waals surface area contributed by atoms with E-state index in [1.807, 2.05) is 12.1 Å². The molecule has 140 valence electrons. The van der Waals surface area contributed by atoms with E-state index in [2.05, 4.69) is 26.4 Å². The lowest BCUT2D eigenvalue weighted by Gasteiger charge is -2.19. The molecule has 0 fully saturated rings. The Balaban J connectivity index is 1.53. The highest BCUT2D eigenvalue weighted by Gasteiger charge is 2.24. The van der Waals surface area contributed by atoms with Crippen molar-refractivity contribution < 1.29 is 13.5 Å². The molecule has 0 bridgehead atoms. The third-order valence-electron chi connectivity index (χ3n) is 4.42. The zero-order valence-electron chi connectivity index (χ0n) is 14.7. The average molecular weight is 401 g/mol. The van der Waals surface area contributed by atoms with E-state index >= 15 is 0 Å². The molecule has 1 unspecified atom stereocenters. The van der Waals surface area contributed by atoms with Gasteiger partial charge in [0.05, 0.1) is 5.69 Å². The van der Waals surface area contributed by atoms with Crippen LogP contribution in [-0.4, -0.2) is 22.6 Å². The molecular weight excluding hydrogens is 380 g/mol. The number of ether oxygens (including phenoxy) is 1. The van der Waals surface area contributed by atoms with Crippen LogP contribution in [-0.2, 0) is 27.7 Å². The summed E-state index contributed by atoms with van der Waals surface area (Å²) in [5.41, 5.74) is 2.83. The van der Waals surface area contributed by atoms with Crippen LogP contribution in [0.15, 0.2) is 70.3 Å². The van der Waals surface area contributed by atoms with Gasteiger partial charge < -0.3 is 9.29 Å². The highest BCUT2D eigenvalue weighted by atomic mass is 32.3. The van der Waals surface area contributed by atoms with Gasteiger partial charge in [0.25, 0.3) is 0 Å². The van der Waals surface area contributed by atoms with Gasteiger partial charge in [0, 0.05) is 31.3 Å². The van der Waals surface area contributed by atoms with Crippen molar-refractivity contribution in [1.82, 2.24) is 4.90 Å². The molecule has 7 heteroatoms. The number of hydrogen-bond acceptors (Lipinski definition) is 5. The molecule has 27 heavy (non-hydrogen) atoms. The minimum Gasteiger partial charge on any atom is -0.588 e. The van der Waals surface area contributed by atoms with Crippen LogP contribution in [0.4, 0.5) is 5.69 Å². The molecule has 1 aromatic heterocycles. The molecule has 0 aliphatic carbocycles. The number of fused-ring (bicyclic) bond motifs is 1. The standard InChI is InChI=1S/C20H20N2O3S2/c23-27(24,21-18-4-2-1-3-5-18)19-7-6-17-14-22(9-10-25-20(17)12-19)13-16-8-11-26-15-16/h1-8,11-12,15H,9-10,13-14H2,(H-,21,23,24). The van der Waals surface area contributed by atoms with Gasteiger partial charge >= 0.3 is 0 Å². The topological polar surface area (TPSA) is 64.6 Å². The van der Waals surface area contributed by atoms with Crippen molar-refractivity contribution in [2.75, 3.05) is 17.9 Å². The molecule has 0 saturated carbocycles. The van der Waals surface area contributed by atoms with Crippen molar-refractivity contribution in [2.45, 2.75) is 18.0 Å². The van der Waals surface area contributed by atoms with Crippen molar-refractivity contribution in [2.24, 2.45) is 0 Å². The van der Waals surface area contributed by atoms with Gasteiger partial charge in [-0.15, -0.1) is 0 Å². The molecule has 0 spiro atoms. The quantitative estimate of drug-likeness (QED) is 0.653. The molecule has 1 aliphatic rings. The number of nitrogens with one attached hydrogen (secondary N) is 1. The third-order valence-corrected chi connectivity index (χ3v) is 6.53. The summed E-state index contributed by atoms with van der Waals surface area (Å²) in [7, 11) is -3.66. The molecule has 1 aliphatic heterocycles. The first-order chi connectivity index (χ1) is 13.1. The van der Waals surface area contributed by atoms with Gasteiger partial charge in [-0.2, -0.15) is 11.3 Å². The van der Waals surface area contributed by atoms with E-state index in [9.17, 15) is 8.76 Å². The molecule has 2 aromatic carbocycles. The van der Waals surface area contributed by atoms with Crippen molar-refractivity contribution >= 4 is 27.4 Å². The molecular formula is C20H20N2O3S2. The third kappa shape index (κ3) is 4.39. The molecule has 0 saturated heterocycles. The van der Waals surface area contributed by atoms with Crippen LogP contribution in [0.2, 0.25) is 0 Å². The van der Waals surface area contributed by atoms with E-state index in [4.69, 9.17) is 4.74 Å². The molecule has 3 aromatic rings.